The van der Waals surface area contributed by atoms with Crippen molar-refractivity contribution in [1.82, 2.24) is 10.4 Å². The molecule has 0 unspecified atom stereocenters. The molecule has 0 fully saturated rings. The SMILES string of the molecule is O=C(N/N=C/c1ccc(F)cc1)c1ccc(C(F)(F)F)nc1Nc1cccc(C(F)(F)F)c1. The van der Waals surface area contributed by atoms with Crippen LogP contribution in [0.15, 0.2) is 65.8 Å². The van der Waals surface area contributed by atoms with Crippen molar-refractivity contribution in [3.05, 3.63) is 88.9 Å². The maximum atomic E-state index is 13.1. The zero-order valence-electron chi connectivity index (χ0n) is 16.3. The van der Waals surface area contributed by atoms with Crippen LogP contribution in [0.1, 0.15) is 27.2 Å². The van der Waals surface area contributed by atoms with Crippen LogP contribution in [0, 0.1) is 5.82 Å². The van der Waals surface area contributed by atoms with E-state index in [9.17, 15) is 35.5 Å². The van der Waals surface area contributed by atoms with E-state index in [-0.39, 0.29) is 5.69 Å². The van der Waals surface area contributed by atoms with Gasteiger partial charge in [0.25, 0.3) is 5.91 Å². The van der Waals surface area contributed by atoms with Crippen LogP contribution in [0.5, 0.6) is 0 Å². The van der Waals surface area contributed by atoms with Gasteiger partial charge in [0.15, 0.2) is 0 Å². The summed E-state index contributed by atoms with van der Waals surface area (Å²) in [7, 11) is 0. The summed E-state index contributed by atoms with van der Waals surface area (Å²) >= 11 is 0. The molecule has 0 aliphatic rings. The Morgan fingerprint density at radius 3 is 2.24 bits per heavy atom. The molecule has 0 radical (unpaired) electrons. The third kappa shape index (κ3) is 6.28. The van der Waals surface area contributed by atoms with Crippen LogP contribution in [0.4, 0.5) is 42.2 Å². The normalized spacial score (nSPS) is 12.1. The lowest BCUT2D eigenvalue weighted by molar-refractivity contribution is -0.141. The molecular formula is C21H13F7N4O. The van der Waals surface area contributed by atoms with Crippen LogP contribution in [0.3, 0.4) is 0 Å². The Bertz CT molecular complexity index is 1170. The number of carbonyl (C=O) groups is 1. The average Bonchev–Trinajstić information content (AvgIpc) is 2.74. The van der Waals surface area contributed by atoms with E-state index in [1.54, 1.807) is 0 Å². The largest absolute Gasteiger partial charge is 0.433 e. The van der Waals surface area contributed by atoms with E-state index in [0.717, 1.165) is 36.5 Å². The third-order valence-electron chi connectivity index (χ3n) is 4.13. The predicted molar refractivity (Wildman–Crippen MR) is 105 cm³/mol. The van der Waals surface area contributed by atoms with Gasteiger partial charge < -0.3 is 5.32 Å². The highest BCUT2D eigenvalue weighted by Crippen LogP contribution is 2.33. The molecule has 0 saturated heterocycles. The molecule has 1 aromatic heterocycles. The molecule has 0 aliphatic carbocycles. The fourth-order valence-corrected chi connectivity index (χ4v) is 2.58. The van der Waals surface area contributed by atoms with E-state index in [2.05, 4.69) is 20.8 Å². The fraction of sp³-hybridized carbons (Fsp3) is 0.0952. The number of aromatic nitrogens is 1. The van der Waals surface area contributed by atoms with Crippen LogP contribution in [-0.4, -0.2) is 17.1 Å². The van der Waals surface area contributed by atoms with Crippen LogP contribution in [-0.2, 0) is 12.4 Å². The van der Waals surface area contributed by atoms with Crippen molar-refractivity contribution in [1.29, 1.82) is 0 Å². The van der Waals surface area contributed by atoms with Gasteiger partial charge in [-0.1, -0.05) is 18.2 Å². The number of hydrogen-bond acceptors (Lipinski definition) is 4. The molecular weight excluding hydrogens is 457 g/mol. The summed E-state index contributed by atoms with van der Waals surface area (Å²) in [6, 6.07) is 10.1. The zero-order valence-corrected chi connectivity index (χ0v) is 16.3. The number of carbonyl (C=O) groups excluding carboxylic acids is 1. The first kappa shape index (κ1) is 23.7. The first-order valence-corrected chi connectivity index (χ1v) is 9.05. The molecule has 1 amide bonds. The maximum Gasteiger partial charge on any atom is 0.433 e. The Morgan fingerprint density at radius 2 is 1.61 bits per heavy atom. The predicted octanol–water partition coefficient (Wildman–Crippen LogP) is 5.77. The second-order valence-corrected chi connectivity index (χ2v) is 6.54. The highest BCUT2D eigenvalue weighted by atomic mass is 19.4. The zero-order chi connectivity index (χ0) is 24.2. The van der Waals surface area contributed by atoms with Crippen LogP contribution in [0.2, 0.25) is 0 Å². The number of hydrogen-bond donors (Lipinski definition) is 2. The highest BCUT2D eigenvalue weighted by Gasteiger charge is 2.34. The van der Waals surface area contributed by atoms with Crippen molar-refractivity contribution in [2.45, 2.75) is 12.4 Å². The van der Waals surface area contributed by atoms with Crippen molar-refractivity contribution < 1.29 is 35.5 Å². The Kier molecular flexibility index (Phi) is 6.65. The van der Waals surface area contributed by atoms with Crippen LogP contribution >= 0.6 is 0 Å². The van der Waals surface area contributed by atoms with E-state index in [0.29, 0.717) is 17.7 Å². The van der Waals surface area contributed by atoms with Gasteiger partial charge in [-0.2, -0.15) is 31.4 Å². The number of pyridine rings is 1. The monoisotopic (exact) mass is 470 g/mol. The van der Waals surface area contributed by atoms with Crippen molar-refractivity contribution in [2.24, 2.45) is 5.10 Å². The molecule has 0 aliphatic heterocycles. The molecule has 1 heterocycles. The van der Waals surface area contributed by atoms with Gasteiger partial charge in [-0.15, -0.1) is 0 Å². The second-order valence-electron chi connectivity index (χ2n) is 6.54. The summed E-state index contributed by atoms with van der Waals surface area (Å²) in [5.74, 6) is -2.10. The number of rotatable bonds is 5. The smallest absolute Gasteiger partial charge is 0.340 e. The number of alkyl halides is 6. The number of nitrogens with zero attached hydrogens (tertiary/aromatic N) is 2. The van der Waals surface area contributed by atoms with Gasteiger partial charge in [0.2, 0.25) is 0 Å². The fourth-order valence-electron chi connectivity index (χ4n) is 2.58. The second kappa shape index (κ2) is 9.27. The van der Waals surface area contributed by atoms with Gasteiger partial charge in [0.1, 0.15) is 17.3 Å². The van der Waals surface area contributed by atoms with Gasteiger partial charge in [0.05, 0.1) is 17.3 Å². The van der Waals surface area contributed by atoms with E-state index in [1.807, 2.05) is 0 Å². The molecule has 0 spiro atoms. The minimum atomic E-state index is -4.86. The lowest BCUT2D eigenvalue weighted by atomic mass is 10.1. The summed E-state index contributed by atoms with van der Waals surface area (Å²) in [4.78, 5) is 15.8. The van der Waals surface area contributed by atoms with Gasteiger partial charge in [0, 0.05) is 5.69 Å². The number of nitrogens with one attached hydrogen (secondary N) is 2. The number of anilines is 2. The Balaban J connectivity index is 1.89. The molecule has 5 nitrogen and oxygen atoms in total. The van der Waals surface area contributed by atoms with Crippen molar-refractivity contribution in [2.75, 3.05) is 5.32 Å². The maximum absolute atomic E-state index is 13.1. The van der Waals surface area contributed by atoms with Crippen LogP contribution < -0.4 is 10.7 Å². The molecule has 33 heavy (non-hydrogen) atoms. The average molecular weight is 470 g/mol. The lowest BCUT2D eigenvalue weighted by Gasteiger charge is -2.14. The molecule has 12 heteroatoms. The van der Waals surface area contributed by atoms with Crippen molar-refractivity contribution >= 4 is 23.6 Å². The number of amides is 1. The molecule has 0 saturated carbocycles. The highest BCUT2D eigenvalue weighted by molar-refractivity contribution is 5.99. The molecule has 0 bridgehead atoms. The Hall–Kier alpha value is -3.96. The standard InChI is InChI=1S/C21H13F7N4O/c22-14-6-4-12(5-7-14)11-29-32-19(33)16-8-9-17(21(26,27)28)31-18(16)30-15-3-1-2-13(10-15)20(23,24)25/h1-11H,(H,30,31)(H,32,33)/b29-11+. The van der Waals surface area contributed by atoms with Gasteiger partial charge in [-0.05, 0) is 48.0 Å². The van der Waals surface area contributed by atoms with Crippen molar-refractivity contribution in [3.63, 3.8) is 0 Å². The first-order chi connectivity index (χ1) is 15.4. The van der Waals surface area contributed by atoms with E-state index in [1.165, 1.54) is 18.2 Å². The summed E-state index contributed by atoms with van der Waals surface area (Å²) in [5, 5.41) is 5.97. The van der Waals surface area contributed by atoms with Crippen LogP contribution in [0.25, 0.3) is 0 Å². The van der Waals surface area contributed by atoms with Gasteiger partial charge in [-0.25, -0.2) is 14.8 Å². The molecule has 3 aromatic rings. The van der Waals surface area contributed by atoms with Gasteiger partial charge in [-0.3, -0.25) is 4.79 Å². The molecule has 0 atom stereocenters. The van der Waals surface area contributed by atoms with Gasteiger partial charge >= 0.3 is 12.4 Å². The summed E-state index contributed by atoms with van der Waals surface area (Å²) in [6.45, 7) is 0. The van der Waals surface area contributed by atoms with E-state index in [4.69, 9.17) is 0 Å². The molecule has 3 rings (SSSR count). The number of hydrazone groups is 1. The summed E-state index contributed by atoms with van der Waals surface area (Å²) < 4.78 is 91.0. The quantitative estimate of drug-likeness (QED) is 0.283. The molecule has 2 aromatic carbocycles. The topological polar surface area (TPSA) is 66.4 Å². The third-order valence-corrected chi connectivity index (χ3v) is 4.13. The summed E-state index contributed by atoms with van der Waals surface area (Å²) in [6.07, 6.45) is -8.39. The number of benzene rings is 2. The Morgan fingerprint density at radius 1 is 0.909 bits per heavy atom. The number of halogens is 7. The molecule has 172 valence electrons. The van der Waals surface area contributed by atoms with Crippen molar-refractivity contribution in [3.8, 4) is 0 Å². The summed E-state index contributed by atoms with van der Waals surface area (Å²) in [5.41, 5.74) is -0.548. The molecule has 2 N–H and O–H groups in total. The first-order valence-electron chi connectivity index (χ1n) is 9.05. The minimum Gasteiger partial charge on any atom is -0.340 e. The lowest BCUT2D eigenvalue weighted by Crippen LogP contribution is -2.21. The van der Waals surface area contributed by atoms with E-state index >= 15 is 0 Å². The minimum absolute atomic E-state index is 0.236. The Labute approximate surface area is 182 Å². The van der Waals surface area contributed by atoms with E-state index < -0.39 is 46.7 Å².